The average molecular weight is 359 g/mol. The van der Waals surface area contributed by atoms with Crippen molar-refractivity contribution in [3.63, 3.8) is 0 Å². The molecule has 5 heteroatoms. The van der Waals surface area contributed by atoms with Crippen molar-refractivity contribution >= 4 is 15.9 Å². The maximum absolute atomic E-state index is 5.77. The molecule has 0 fully saturated rings. The predicted octanol–water partition coefficient (Wildman–Crippen LogP) is 4.70. The van der Waals surface area contributed by atoms with Crippen LogP contribution in [0.4, 0.5) is 0 Å². The van der Waals surface area contributed by atoms with Crippen LogP contribution in [0, 0.1) is 0 Å². The number of halogens is 1. The Kier molecular flexibility index (Phi) is 9.96. The molecule has 1 aromatic heterocycles. The molecule has 0 aliphatic carbocycles. The van der Waals surface area contributed by atoms with Gasteiger partial charge >= 0.3 is 0 Å². The molecule has 1 aromatic rings. The van der Waals surface area contributed by atoms with Gasteiger partial charge in [0.15, 0.2) is 0 Å². The summed E-state index contributed by atoms with van der Waals surface area (Å²) in [6, 6.07) is 0.184. The number of aromatic nitrogens is 2. The summed E-state index contributed by atoms with van der Waals surface area (Å²) in [5.74, 6) is 5.77. The van der Waals surface area contributed by atoms with Crippen LogP contribution in [0.5, 0.6) is 0 Å². The summed E-state index contributed by atoms with van der Waals surface area (Å²) < 4.78 is 3.12. The Bertz CT molecular complexity index is 378. The summed E-state index contributed by atoms with van der Waals surface area (Å²) in [7, 11) is 0. The van der Waals surface area contributed by atoms with Crippen molar-refractivity contribution in [1.29, 1.82) is 0 Å². The molecule has 1 unspecified atom stereocenters. The van der Waals surface area contributed by atoms with Gasteiger partial charge in [0.25, 0.3) is 0 Å². The molecule has 1 rings (SSSR count). The second kappa shape index (κ2) is 11.2. The number of nitrogens with one attached hydrogen (secondary N) is 1. The molecule has 1 atom stereocenters. The molecule has 0 spiro atoms. The first-order valence-electron chi connectivity index (χ1n) is 8.41. The molecule has 4 nitrogen and oxygen atoms in total. The second-order valence-electron chi connectivity index (χ2n) is 5.73. The highest BCUT2D eigenvalue weighted by Gasteiger charge is 2.18. The van der Waals surface area contributed by atoms with Gasteiger partial charge in [0.2, 0.25) is 0 Å². The van der Waals surface area contributed by atoms with E-state index in [1.807, 2.05) is 6.20 Å². The van der Waals surface area contributed by atoms with Crippen molar-refractivity contribution in [2.75, 3.05) is 0 Å². The Morgan fingerprint density at radius 3 is 2.43 bits per heavy atom. The third-order valence-corrected chi connectivity index (χ3v) is 4.51. The summed E-state index contributed by atoms with van der Waals surface area (Å²) in [5, 5.41) is 4.43. The molecule has 0 saturated carbocycles. The van der Waals surface area contributed by atoms with Gasteiger partial charge in [0, 0.05) is 6.54 Å². The standard InChI is InChI=1S/C16H31BrN4/c1-3-5-6-7-8-9-10-11-15(20-18)16-14(17)13-19-21(16)12-4-2/h13,15,20H,3-12,18H2,1-2H3. The number of hydrogen-bond acceptors (Lipinski definition) is 3. The Morgan fingerprint density at radius 1 is 1.14 bits per heavy atom. The summed E-state index contributed by atoms with van der Waals surface area (Å²) in [6.07, 6.45) is 13.3. The molecule has 0 amide bonds. The van der Waals surface area contributed by atoms with E-state index in [4.69, 9.17) is 5.84 Å². The maximum Gasteiger partial charge on any atom is 0.0709 e. The number of rotatable bonds is 12. The van der Waals surface area contributed by atoms with Gasteiger partial charge in [0.05, 0.1) is 22.4 Å². The number of nitrogens with two attached hydrogens (primary N) is 1. The number of hydrazine groups is 1. The molecule has 0 radical (unpaired) electrons. The minimum Gasteiger partial charge on any atom is -0.271 e. The Labute approximate surface area is 138 Å². The lowest BCUT2D eigenvalue weighted by Gasteiger charge is -2.18. The van der Waals surface area contributed by atoms with Crippen LogP contribution in [0.25, 0.3) is 0 Å². The highest BCUT2D eigenvalue weighted by atomic mass is 79.9. The van der Waals surface area contributed by atoms with Crippen LogP contribution in [-0.2, 0) is 6.54 Å². The van der Waals surface area contributed by atoms with Crippen LogP contribution >= 0.6 is 15.9 Å². The summed E-state index contributed by atoms with van der Waals surface area (Å²) in [6.45, 7) is 5.37. The normalized spacial score (nSPS) is 12.8. The van der Waals surface area contributed by atoms with Crippen LogP contribution < -0.4 is 11.3 Å². The van der Waals surface area contributed by atoms with E-state index >= 15 is 0 Å². The van der Waals surface area contributed by atoms with Crippen molar-refractivity contribution in [1.82, 2.24) is 15.2 Å². The summed E-state index contributed by atoms with van der Waals surface area (Å²) >= 11 is 3.60. The number of hydrogen-bond donors (Lipinski definition) is 2. The average Bonchev–Trinajstić information content (AvgIpc) is 2.84. The highest BCUT2D eigenvalue weighted by molar-refractivity contribution is 9.10. The zero-order valence-electron chi connectivity index (χ0n) is 13.6. The summed E-state index contributed by atoms with van der Waals surface area (Å²) in [5.41, 5.74) is 4.15. The minimum absolute atomic E-state index is 0.184. The molecule has 0 saturated heterocycles. The molecular weight excluding hydrogens is 328 g/mol. The number of aryl methyl sites for hydroxylation is 1. The van der Waals surface area contributed by atoms with Gasteiger partial charge in [-0.3, -0.25) is 16.0 Å². The Hall–Kier alpha value is -0.390. The minimum atomic E-state index is 0.184. The fourth-order valence-corrected chi connectivity index (χ4v) is 3.29. The molecule has 0 aliphatic rings. The van der Waals surface area contributed by atoms with Gasteiger partial charge in [-0.1, -0.05) is 58.8 Å². The van der Waals surface area contributed by atoms with Gasteiger partial charge < -0.3 is 0 Å². The van der Waals surface area contributed by atoms with Crippen LogP contribution in [-0.4, -0.2) is 9.78 Å². The molecule has 122 valence electrons. The van der Waals surface area contributed by atoms with E-state index in [1.54, 1.807) is 0 Å². The fraction of sp³-hybridized carbons (Fsp3) is 0.812. The van der Waals surface area contributed by atoms with E-state index in [2.05, 4.69) is 45.0 Å². The lowest BCUT2D eigenvalue weighted by molar-refractivity contribution is 0.435. The first-order chi connectivity index (χ1) is 10.2. The molecule has 0 aromatic carbocycles. The third-order valence-electron chi connectivity index (χ3n) is 3.90. The van der Waals surface area contributed by atoms with Gasteiger partial charge in [-0.15, -0.1) is 0 Å². The Morgan fingerprint density at radius 2 is 1.81 bits per heavy atom. The topological polar surface area (TPSA) is 55.9 Å². The van der Waals surface area contributed by atoms with E-state index in [0.717, 1.165) is 23.9 Å². The van der Waals surface area contributed by atoms with E-state index in [1.165, 1.54) is 50.6 Å². The fourth-order valence-electron chi connectivity index (χ4n) is 2.71. The molecule has 0 aliphatic heterocycles. The summed E-state index contributed by atoms with van der Waals surface area (Å²) in [4.78, 5) is 0. The van der Waals surface area contributed by atoms with Crippen molar-refractivity contribution in [2.24, 2.45) is 5.84 Å². The lowest BCUT2D eigenvalue weighted by Crippen LogP contribution is -2.30. The van der Waals surface area contributed by atoms with Gasteiger partial charge in [-0.2, -0.15) is 5.10 Å². The highest BCUT2D eigenvalue weighted by Crippen LogP contribution is 2.27. The zero-order valence-corrected chi connectivity index (χ0v) is 15.2. The lowest BCUT2D eigenvalue weighted by atomic mass is 10.0. The third kappa shape index (κ3) is 6.49. The molecule has 3 N–H and O–H groups in total. The first kappa shape index (κ1) is 18.7. The van der Waals surface area contributed by atoms with Crippen LogP contribution in [0.1, 0.15) is 83.4 Å². The smallest absolute Gasteiger partial charge is 0.0709 e. The maximum atomic E-state index is 5.77. The van der Waals surface area contributed by atoms with Gasteiger partial charge in [-0.25, -0.2) is 0 Å². The van der Waals surface area contributed by atoms with Crippen molar-refractivity contribution < 1.29 is 0 Å². The molecular formula is C16H31BrN4. The van der Waals surface area contributed by atoms with E-state index in [9.17, 15) is 0 Å². The largest absolute Gasteiger partial charge is 0.271 e. The van der Waals surface area contributed by atoms with Gasteiger partial charge in [-0.05, 0) is 28.8 Å². The molecule has 0 bridgehead atoms. The SMILES string of the molecule is CCCCCCCCCC(NN)c1c(Br)cnn1CCC. The van der Waals surface area contributed by atoms with Crippen molar-refractivity contribution in [3.8, 4) is 0 Å². The molecule has 1 heterocycles. The van der Waals surface area contributed by atoms with E-state index < -0.39 is 0 Å². The number of nitrogens with zero attached hydrogens (tertiary/aromatic N) is 2. The van der Waals surface area contributed by atoms with E-state index in [0.29, 0.717) is 0 Å². The Balaban J connectivity index is 2.39. The quantitative estimate of drug-likeness (QED) is 0.323. The first-order valence-corrected chi connectivity index (χ1v) is 9.21. The monoisotopic (exact) mass is 358 g/mol. The van der Waals surface area contributed by atoms with Crippen LogP contribution in [0.15, 0.2) is 10.7 Å². The predicted molar refractivity (Wildman–Crippen MR) is 92.9 cm³/mol. The second-order valence-corrected chi connectivity index (χ2v) is 6.58. The molecule has 21 heavy (non-hydrogen) atoms. The van der Waals surface area contributed by atoms with E-state index in [-0.39, 0.29) is 6.04 Å². The van der Waals surface area contributed by atoms with Crippen LogP contribution in [0.2, 0.25) is 0 Å². The van der Waals surface area contributed by atoms with Gasteiger partial charge in [0.1, 0.15) is 0 Å². The van der Waals surface area contributed by atoms with Crippen LogP contribution in [0.3, 0.4) is 0 Å². The zero-order chi connectivity index (χ0) is 15.5. The number of unbranched alkanes of at least 4 members (excludes halogenated alkanes) is 6. The van der Waals surface area contributed by atoms with Crippen molar-refractivity contribution in [2.45, 2.75) is 84.2 Å². The van der Waals surface area contributed by atoms with Crippen molar-refractivity contribution in [3.05, 3.63) is 16.4 Å².